The van der Waals surface area contributed by atoms with Gasteiger partial charge in [-0.2, -0.15) is 0 Å². The van der Waals surface area contributed by atoms with Crippen molar-refractivity contribution in [1.29, 1.82) is 0 Å². The van der Waals surface area contributed by atoms with Crippen molar-refractivity contribution in [2.24, 2.45) is 17.8 Å². The Hall–Kier alpha value is -2.38. The maximum Gasteiger partial charge on any atom is 0.309 e. The second-order valence-corrected chi connectivity index (χ2v) is 7.64. The van der Waals surface area contributed by atoms with Gasteiger partial charge in [0.15, 0.2) is 0 Å². The van der Waals surface area contributed by atoms with Crippen molar-refractivity contribution in [3.8, 4) is 0 Å². The minimum atomic E-state index is -0.459. The SMILES string of the molecule is C=O.C=O.CCOC(=O)CC(CCC(C)CCCCC(CC(C)=O)C(C)=O)C(=O)OCC. The molecule has 8 nitrogen and oxygen atoms in total. The Morgan fingerprint density at radius 1 is 0.719 bits per heavy atom. The van der Waals surface area contributed by atoms with Gasteiger partial charge in [-0.3, -0.25) is 14.4 Å². The highest BCUT2D eigenvalue weighted by atomic mass is 16.5. The van der Waals surface area contributed by atoms with Gasteiger partial charge < -0.3 is 23.9 Å². The summed E-state index contributed by atoms with van der Waals surface area (Å²) in [5.74, 6) is -0.780. The van der Waals surface area contributed by atoms with Crippen LogP contribution in [0.25, 0.3) is 0 Å². The van der Waals surface area contributed by atoms with E-state index in [0.717, 1.165) is 32.1 Å². The number of ketones is 2. The summed E-state index contributed by atoms with van der Waals surface area (Å²) < 4.78 is 10.0. The zero-order chi connectivity index (χ0) is 25.5. The van der Waals surface area contributed by atoms with Crippen LogP contribution in [0.5, 0.6) is 0 Å². The fourth-order valence-electron chi connectivity index (χ4n) is 3.29. The van der Waals surface area contributed by atoms with Crippen molar-refractivity contribution in [3.05, 3.63) is 0 Å². The summed E-state index contributed by atoms with van der Waals surface area (Å²) in [4.78, 5) is 62.7. The van der Waals surface area contributed by atoms with Gasteiger partial charge in [0, 0.05) is 12.3 Å². The Balaban J connectivity index is -0.00000198. The molecule has 0 N–H and O–H groups in total. The summed E-state index contributed by atoms with van der Waals surface area (Å²) in [6.07, 6.45) is 5.43. The highest BCUT2D eigenvalue weighted by Gasteiger charge is 2.24. The number of esters is 2. The number of Topliss-reactive ketones (excluding diaryl/α,β-unsaturated/α-hetero) is 2. The average Bonchev–Trinajstić information content (AvgIpc) is 2.76. The van der Waals surface area contributed by atoms with E-state index in [2.05, 4.69) is 6.92 Å². The molecule has 0 aromatic carbocycles. The standard InChI is InChI=1S/C22H38O6.2CH2O/c1-6-27-21(25)15-20(22(26)28-7-2)13-12-16(3)10-8-9-11-19(18(5)24)14-17(4)23;2*1-2/h16,19-20H,6-15H2,1-5H3;2*1H2. The summed E-state index contributed by atoms with van der Waals surface area (Å²) in [6.45, 7) is 13.3. The zero-order valence-electron chi connectivity index (χ0n) is 20.5. The monoisotopic (exact) mass is 458 g/mol. The number of hydrogen-bond donors (Lipinski definition) is 0. The van der Waals surface area contributed by atoms with Crippen LogP contribution in [-0.2, 0) is 38.2 Å². The minimum Gasteiger partial charge on any atom is -0.466 e. The molecule has 0 saturated heterocycles. The maximum atomic E-state index is 12.1. The zero-order valence-corrected chi connectivity index (χ0v) is 20.5. The number of ether oxygens (including phenoxy) is 2. The Morgan fingerprint density at radius 3 is 1.72 bits per heavy atom. The van der Waals surface area contributed by atoms with Gasteiger partial charge in [-0.05, 0) is 52.9 Å². The fraction of sp³-hybridized carbons (Fsp3) is 0.750. The topological polar surface area (TPSA) is 121 Å². The molecule has 0 saturated carbocycles. The summed E-state index contributed by atoms with van der Waals surface area (Å²) in [5.41, 5.74) is 0. The summed E-state index contributed by atoms with van der Waals surface area (Å²) in [7, 11) is 0. The molecule has 0 spiro atoms. The molecule has 0 fully saturated rings. The molecule has 8 heteroatoms. The van der Waals surface area contributed by atoms with Gasteiger partial charge in [0.1, 0.15) is 25.1 Å². The van der Waals surface area contributed by atoms with Crippen LogP contribution in [0, 0.1) is 17.8 Å². The summed E-state index contributed by atoms with van der Waals surface area (Å²) in [5, 5.41) is 0. The van der Waals surface area contributed by atoms with Gasteiger partial charge in [0.05, 0.1) is 25.6 Å². The van der Waals surface area contributed by atoms with Crippen molar-refractivity contribution >= 4 is 37.1 Å². The van der Waals surface area contributed by atoms with Crippen molar-refractivity contribution < 1.29 is 38.2 Å². The lowest BCUT2D eigenvalue weighted by Gasteiger charge is -2.18. The molecule has 0 aromatic rings. The number of carbonyl (C=O) groups is 6. The molecule has 0 radical (unpaired) electrons. The van der Waals surface area contributed by atoms with Crippen LogP contribution in [0.1, 0.15) is 86.0 Å². The van der Waals surface area contributed by atoms with Crippen LogP contribution in [-0.4, -0.2) is 50.3 Å². The molecular formula is C24H42O8. The van der Waals surface area contributed by atoms with Gasteiger partial charge in [-0.25, -0.2) is 0 Å². The Bertz CT molecular complexity index is 530. The molecule has 0 bridgehead atoms. The lowest BCUT2D eigenvalue weighted by Crippen LogP contribution is -2.23. The van der Waals surface area contributed by atoms with Crippen molar-refractivity contribution in [2.75, 3.05) is 13.2 Å². The molecule has 0 aliphatic carbocycles. The molecule has 0 aliphatic heterocycles. The highest BCUT2D eigenvalue weighted by molar-refractivity contribution is 5.85. The fourth-order valence-corrected chi connectivity index (χ4v) is 3.29. The number of carbonyl (C=O) groups excluding carboxylic acids is 6. The van der Waals surface area contributed by atoms with Crippen LogP contribution in [0.3, 0.4) is 0 Å². The van der Waals surface area contributed by atoms with E-state index < -0.39 is 5.92 Å². The molecule has 3 atom stereocenters. The molecule has 0 heterocycles. The van der Waals surface area contributed by atoms with Crippen LogP contribution >= 0.6 is 0 Å². The highest BCUT2D eigenvalue weighted by Crippen LogP contribution is 2.23. The van der Waals surface area contributed by atoms with Crippen LogP contribution in [0.4, 0.5) is 0 Å². The predicted octanol–water partition coefficient (Wildman–Crippen LogP) is 3.91. The van der Waals surface area contributed by atoms with E-state index in [1.807, 2.05) is 13.6 Å². The largest absolute Gasteiger partial charge is 0.466 e. The van der Waals surface area contributed by atoms with Crippen LogP contribution in [0.15, 0.2) is 0 Å². The van der Waals surface area contributed by atoms with Crippen molar-refractivity contribution in [1.82, 2.24) is 0 Å². The van der Waals surface area contributed by atoms with Gasteiger partial charge in [0.2, 0.25) is 0 Å². The second-order valence-electron chi connectivity index (χ2n) is 7.64. The number of rotatable bonds is 16. The Labute approximate surface area is 192 Å². The van der Waals surface area contributed by atoms with Gasteiger partial charge in [-0.15, -0.1) is 0 Å². The number of unbranched alkanes of at least 4 members (excludes halogenated alkanes) is 1. The van der Waals surface area contributed by atoms with E-state index in [-0.39, 0.29) is 35.8 Å². The first-order valence-electron chi connectivity index (χ1n) is 11.1. The molecule has 0 rings (SSSR count). The third-order valence-corrected chi connectivity index (χ3v) is 4.95. The molecule has 0 aliphatic rings. The van der Waals surface area contributed by atoms with Crippen LogP contribution in [0.2, 0.25) is 0 Å². The molecule has 0 amide bonds. The van der Waals surface area contributed by atoms with Gasteiger partial charge in [0.25, 0.3) is 0 Å². The first-order chi connectivity index (χ1) is 15.2. The number of hydrogen-bond acceptors (Lipinski definition) is 8. The Morgan fingerprint density at radius 2 is 1.25 bits per heavy atom. The van der Waals surface area contributed by atoms with E-state index >= 15 is 0 Å². The first-order valence-corrected chi connectivity index (χ1v) is 11.1. The first kappa shape index (κ1) is 34.2. The predicted molar refractivity (Wildman–Crippen MR) is 122 cm³/mol. The van der Waals surface area contributed by atoms with Gasteiger partial charge in [-0.1, -0.05) is 26.2 Å². The van der Waals surface area contributed by atoms with E-state index in [1.54, 1.807) is 20.8 Å². The lowest BCUT2D eigenvalue weighted by molar-refractivity contribution is -0.155. The quantitative estimate of drug-likeness (QED) is 0.252. The van der Waals surface area contributed by atoms with Crippen LogP contribution < -0.4 is 0 Å². The van der Waals surface area contributed by atoms with Crippen molar-refractivity contribution in [3.63, 3.8) is 0 Å². The maximum absolute atomic E-state index is 12.1. The smallest absolute Gasteiger partial charge is 0.309 e. The van der Waals surface area contributed by atoms with Gasteiger partial charge >= 0.3 is 11.9 Å². The molecule has 186 valence electrons. The second kappa shape index (κ2) is 23.3. The summed E-state index contributed by atoms with van der Waals surface area (Å²) >= 11 is 0. The molecule has 0 aromatic heterocycles. The lowest BCUT2D eigenvalue weighted by atomic mass is 9.89. The van der Waals surface area contributed by atoms with E-state index in [9.17, 15) is 19.2 Å². The van der Waals surface area contributed by atoms with E-state index in [0.29, 0.717) is 32.0 Å². The minimum absolute atomic E-state index is 0.0557. The normalized spacial score (nSPS) is 12.5. The Kier molecular flexibility index (Phi) is 24.9. The average molecular weight is 459 g/mol. The third kappa shape index (κ3) is 19.6. The molecule has 32 heavy (non-hydrogen) atoms. The van der Waals surface area contributed by atoms with E-state index in [1.165, 1.54) is 6.92 Å². The molecule has 3 unspecified atom stereocenters. The molecular weight excluding hydrogens is 416 g/mol. The van der Waals surface area contributed by atoms with Crippen molar-refractivity contribution in [2.45, 2.75) is 86.0 Å². The summed E-state index contributed by atoms with van der Waals surface area (Å²) in [6, 6.07) is 0. The third-order valence-electron chi connectivity index (χ3n) is 4.95. The van der Waals surface area contributed by atoms with E-state index in [4.69, 9.17) is 19.1 Å².